The maximum Gasteiger partial charge on any atom is 0.119 e. The maximum atomic E-state index is 10.2. The van der Waals surface area contributed by atoms with Gasteiger partial charge in [-0.25, -0.2) is 0 Å². The van der Waals surface area contributed by atoms with Crippen LogP contribution in [-0.2, 0) is 13.0 Å². The Hall–Kier alpha value is -1.26. The zero-order chi connectivity index (χ0) is 16.2. The van der Waals surface area contributed by atoms with E-state index in [2.05, 4.69) is 29.2 Å². The molecule has 0 fully saturated rings. The fourth-order valence-electron chi connectivity index (χ4n) is 2.96. The molecule has 3 rings (SSSR count). The molecule has 24 heavy (non-hydrogen) atoms. The van der Waals surface area contributed by atoms with E-state index in [1.807, 2.05) is 25.1 Å². The van der Waals surface area contributed by atoms with Gasteiger partial charge in [0.05, 0.1) is 0 Å². The van der Waals surface area contributed by atoms with E-state index in [0.717, 1.165) is 35.8 Å². The van der Waals surface area contributed by atoms with E-state index in [0.29, 0.717) is 13.2 Å². The second-order valence-electron chi connectivity index (χ2n) is 6.13. The first-order valence-corrected chi connectivity index (χ1v) is 8.36. The second kappa shape index (κ2) is 8.72. The summed E-state index contributed by atoms with van der Waals surface area (Å²) in [6.07, 6.45) is 0.538. The third-order valence-electron chi connectivity index (χ3n) is 4.25. The lowest BCUT2D eigenvalue weighted by molar-refractivity contribution is 0.0637. The van der Waals surface area contributed by atoms with E-state index < -0.39 is 6.10 Å². The number of aliphatic hydroxyl groups excluding tert-OH is 1. The largest absolute Gasteiger partial charge is 0.491 e. The number of fused-ring (bicyclic) bond motifs is 1. The lowest BCUT2D eigenvalue weighted by atomic mass is 10.00. The first kappa shape index (κ1) is 19.1. The lowest BCUT2D eigenvalue weighted by Gasteiger charge is -2.30. The molecule has 2 aromatic rings. The number of nitrogens with zero attached hydrogens (tertiary/aromatic N) is 1. The zero-order valence-corrected chi connectivity index (χ0v) is 15.3. The highest BCUT2D eigenvalue weighted by molar-refractivity contribution is 6.31. The van der Waals surface area contributed by atoms with Crippen molar-refractivity contribution >= 4 is 24.0 Å². The monoisotopic (exact) mass is 367 g/mol. The second-order valence-corrected chi connectivity index (χ2v) is 6.54. The first-order valence-electron chi connectivity index (χ1n) is 7.98. The maximum absolute atomic E-state index is 10.2. The number of rotatable bonds is 5. The van der Waals surface area contributed by atoms with Crippen molar-refractivity contribution < 1.29 is 9.84 Å². The molecule has 0 saturated carbocycles. The zero-order valence-electron chi connectivity index (χ0n) is 13.7. The predicted molar refractivity (Wildman–Crippen MR) is 100 cm³/mol. The Bertz CT molecular complexity index is 678. The minimum absolute atomic E-state index is 0. The Morgan fingerprint density at radius 3 is 2.71 bits per heavy atom. The Morgan fingerprint density at radius 1 is 1.21 bits per heavy atom. The molecule has 0 saturated heterocycles. The van der Waals surface area contributed by atoms with Crippen LogP contribution in [0.5, 0.6) is 5.75 Å². The third kappa shape index (κ3) is 4.87. The smallest absolute Gasteiger partial charge is 0.119 e. The molecule has 2 aromatic carbocycles. The van der Waals surface area contributed by atoms with Crippen LogP contribution in [0.1, 0.15) is 16.7 Å². The molecule has 0 amide bonds. The summed E-state index contributed by atoms with van der Waals surface area (Å²) < 4.78 is 5.68. The van der Waals surface area contributed by atoms with Gasteiger partial charge in [0, 0.05) is 24.7 Å². The number of hydrogen-bond donors (Lipinski definition) is 1. The van der Waals surface area contributed by atoms with Crippen molar-refractivity contribution in [2.45, 2.75) is 26.0 Å². The molecule has 0 aromatic heterocycles. The summed E-state index contributed by atoms with van der Waals surface area (Å²) in [5.41, 5.74) is 3.76. The molecule has 130 valence electrons. The molecule has 1 aliphatic heterocycles. The van der Waals surface area contributed by atoms with Crippen molar-refractivity contribution in [3.63, 3.8) is 0 Å². The van der Waals surface area contributed by atoms with Gasteiger partial charge in [-0.15, -0.1) is 12.4 Å². The fourth-order valence-corrected chi connectivity index (χ4v) is 3.08. The van der Waals surface area contributed by atoms with Gasteiger partial charge in [-0.1, -0.05) is 35.9 Å². The van der Waals surface area contributed by atoms with Crippen molar-refractivity contribution in [3.8, 4) is 5.75 Å². The van der Waals surface area contributed by atoms with Crippen molar-refractivity contribution in [1.29, 1.82) is 0 Å². The number of benzene rings is 2. The van der Waals surface area contributed by atoms with Crippen molar-refractivity contribution in [1.82, 2.24) is 4.90 Å². The number of halogens is 2. The van der Waals surface area contributed by atoms with Crippen LogP contribution in [0.15, 0.2) is 42.5 Å². The van der Waals surface area contributed by atoms with Crippen molar-refractivity contribution in [2.24, 2.45) is 0 Å². The molecule has 1 atom stereocenters. The topological polar surface area (TPSA) is 32.7 Å². The van der Waals surface area contributed by atoms with Crippen LogP contribution in [0.2, 0.25) is 5.02 Å². The summed E-state index contributed by atoms with van der Waals surface area (Å²) in [6, 6.07) is 14.1. The minimum Gasteiger partial charge on any atom is -0.491 e. The normalized spacial score (nSPS) is 15.3. The summed E-state index contributed by atoms with van der Waals surface area (Å²) in [6.45, 7) is 4.73. The van der Waals surface area contributed by atoms with Crippen LogP contribution < -0.4 is 4.74 Å². The Morgan fingerprint density at radius 2 is 1.96 bits per heavy atom. The Balaban J connectivity index is 0.00000208. The van der Waals surface area contributed by atoms with Gasteiger partial charge < -0.3 is 9.84 Å². The molecule has 0 radical (unpaired) electrons. The highest BCUT2D eigenvalue weighted by Crippen LogP contribution is 2.22. The van der Waals surface area contributed by atoms with E-state index in [4.69, 9.17) is 16.3 Å². The predicted octanol–water partition coefficient (Wildman–Crippen LogP) is 3.87. The summed E-state index contributed by atoms with van der Waals surface area (Å²) in [7, 11) is 0. The van der Waals surface area contributed by atoms with Crippen LogP contribution in [0.25, 0.3) is 0 Å². The quantitative estimate of drug-likeness (QED) is 0.870. The van der Waals surface area contributed by atoms with Crippen molar-refractivity contribution in [2.75, 3.05) is 19.7 Å². The molecule has 1 N–H and O–H groups in total. The fraction of sp³-hybridized carbons (Fsp3) is 0.368. The average Bonchev–Trinajstić information content (AvgIpc) is 2.56. The molecular weight excluding hydrogens is 345 g/mol. The highest BCUT2D eigenvalue weighted by atomic mass is 35.5. The summed E-state index contributed by atoms with van der Waals surface area (Å²) in [5, 5.41) is 11.0. The number of ether oxygens (including phenoxy) is 1. The Labute approximate surface area is 154 Å². The third-order valence-corrected chi connectivity index (χ3v) is 4.67. The number of aryl methyl sites for hydroxylation is 1. The molecule has 1 aliphatic rings. The average molecular weight is 368 g/mol. The first-order chi connectivity index (χ1) is 11.1. The number of aliphatic hydroxyl groups is 1. The SMILES string of the molecule is Cc1cc(OCC(O)CN2CCc3ccccc3C2)ccc1Cl.Cl. The van der Waals surface area contributed by atoms with Gasteiger partial charge in [0.15, 0.2) is 0 Å². The van der Waals surface area contributed by atoms with Gasteiger partial charge in [-0.05, 0) is 48.2 Å². The summed E-state index contributed by atoms with van der Waals surface area (Å²) in [4.78, 5) is 2.28. The van der Waals surface area contributed by atoms with Gasteiger partial charge in [-0.3, -0.25) is 4.90 Å². The molecule has 0 spiro atoms. The van der Waals surface area contributed by atoms with Crippen LogP contribution in [0, 0.1) is 6.92 Å². The minimum atomic E-state index is -0.503. The van der Waals surface area contributed by atoms with Crippen LogP contribution in [0.4, 0.5) is 0 Å². The molecule has 5 heteroatoms. The molecular formula is C19H23Cl2NO2. The van der Waals surface area contributed by atoms with Gasteiger partial charge >= 0.3 is 0 Å². The molecule has 3 nitrogen and oxygen atoms in total. The van der Waals surface area contributed by atoms with Crippen LogP contribution in [0.3, 0.4) is 0 Å². The van der Waals surface area contributed by atoms with E-state index in [1.165, 1.54) is 11.1 Å². The summed E-state index contributed by atoms with van der Waals surface area (Å²) >= 11 is 6.00. The molecule has 1 unspecified atom stereocenters. The van der Waals surface area contributed by atoms with Gasteiger partial charge in [-0.2, -0.15) is 0 Å². The van der Waals surface area contributed by atoms with E-state index in [-0.39, 0.29) is 12.4 Å². The van der Waals surface area contributed by atoms with Crippen LogP contribution in [-0.4, -0.2) is 35.8 Å². The standard InChI is InChI=1S/C19H22ClNO2.ClH/c1-14-10-18(6-7-19(14)20)23-13-17(22)12-21-9-8-15-4-2-3-5-16(15)11-21;/h2-7,10,17,22H,8-9,11-13H2,1H3;1H. The lowest BCUT2D eigenvalue weighted by Crippen LogP contribution is -2.38. The van der Waals surface area contributed by atoms with E-state index in [9.17, 15) is 5.11 Å². The van der Waals surface area contributed by atoms with E-state index >= 15 is 0 Å². The van der Waals surface area contributed by atoms with E-state index in [1.54, 1.807) is 0 Å². The van der Waals surface area contributed by atoms with Gasteiger partial charge in [0.25, 0.3) is 0 Å². The van der Waals surface area contributed by atoms with Gasteiger partial charge in [0.1, 0.15) is 18.5 Å². The van der Waals surface area contributed by atoms with Gasteiger partial charge in [0.2, 0.25) is 0 Å². The number of β-amino-alcohol motifs (C(OH)–C–C–N with tert-alkyl or cyclic N) is 1. The number of hydrogen-bond acceptors (Lipinski definition) is 3. The van der Waals surface area contributed by atoms with Crippen molar-refractivity contribution in [3.05, 3.63) is 64.2 Å². The Kier molecular flexibility index (Phi) is 6.93. The molecule has 1 heterocycles. The molecule has 0 aliphatic carbocycles. The summed E-state index contributed by atoms with van der Waals surface area (Å²) in [5.74, 6) is 0.745. The molecule has 0 bridgehead atoms. The van der Waals surface area contributed by atoms with Crippen LogP contribution >= 0.6 is 24.0 Å². The highest BCUT2D eigenvalue weighted by Gasteiger charge is 2.18.